The molecular weight excluding hydrogens is 420 g/mol. The average Bonchev–Trinajstić information content (AvgIpc) is 3.02. The standard InChI is InChI=1S/C24H30N6OS/c1-16-12-17(2)26-24(25-16)30-19(4)22(18(3)28-30)14-23(31)27-21-7-5-6-20(13-21)15-29-8-10-32-11-9-29/h5-7,12-13H,8-11,14-15H2,1-4H3,(H,27,31). The maximum absolute atomic E-state index is 12.8. The fraction of sp³-hybridized carbons (Fsp3) is 0.417. The number of hydrogen-bond donors (Lipinski definition) is 1. The summed E-state index contributed by atoms with van der Waals surface area (Å²) in [6, 6.07) is 10.1. The third-order valence-electron chi connectivity index (χ3n) is 5.66. The number of aromatic nitrogens is 4. The topological polar surface area (TPSA) is 75.9 Å². The molecule has 0 saturated carbocycles. The van der Waals surface area contributed by atoms with E-state index in [4.69, 9.17) is 0 Å². The van der Waals surface area contributed by atoms with E-state index in [1.54, 1.807) is 4.68 Å². The number of aryl methyl sites for hydroxylation is 3. The molecule has 1 fully saturated rings. The molecule has 1 N–H and O–H groups in total. The zero-order valence-corrected chi connectivity index (χ0v) is 20.0. The first-order valence-corrected chi connectivity index (χ1v) is 12.1. The van der Waals surface area contributed by atoms with Crippen molar-refractivity contribution in [3.63, 3.8) is 0 Å². The number of anilines is 1. The molecule has 1 saturated heterocycles. The molecular formula is C24H30N6OS. The van der Waals surface area contributed by atoms with Gasteiger partial charge < -0.3 is 5.32 Å². The lowest BCUT2D eigenvalue weighted by Gasteiger charge is -2.26. The van der Waals surface area contributed by atoms with Crippen LogP contribution in [0.2, 0.25) is 0 Å². The summed E-state index contributed by atoms with van der Waals surface area (Å²) in [5.74, 6) is 2.87. The molecule has 3 heterocycles. The normalized spacial score (nSPS) is 14.5. The highest BCUT2D eigenvalue weighted by molar-refractivity contribution is 7.99. The molecule has 3 aromatic rings. The maximum atomic E-state index is 12.8. The van der Waals surface area contributed by atoms with E-state index in [2.05, 4.69) is 37.4 Å². The monoisotopic (exact) mass is 450 g/mol. The van der Waals surface area contributed by atoms with Crippen LogP contribution in [0.25, 0.3) is 5.95 Å². The minimum atomic E-state index is -0.0522. The zero-order chi connectivity index (χ0) is 22.7. The van der Waals surface area contributed by atoms with Gasteiger partial charge in [-0.05, 0) is 51.5 Å². The summed E-state index contributed by atoms with van der Waals surface area (Å²) in [6.45, 7) is 10.9. The van der Waals surface area contributed by atoms with Crippen molar-refractivity contribution in [2.24, 2.45) is 0 Å². The number of rotatable bonds is 6. The smallest absolute Gasteiger partial charge is 0.251 e. The summed E-state index contributed by atoms with van der Waals surface area (Å²) in [5.41, 5.74) is 6.45. The van der Waals surface area contributed by atoms with Gasteiger partial charge in [-0.15, -0.1) is 0 Å². The second-order valence-electron chi connectivity index (χ2n) is 8.33. The number of hydrogen-bond acceptors (Lipinski definition) is 6. The summed E-state index contributed by atoms with van der Waals surface area (Å²) < 4.78 is 1.73. The molecule has 0 bridgehead atoms. The molecule has 1 aliphatic heterocycles. The number of carbonyl (C=O) groups excluding carboxylic acids is 1. The van der Waals surface area contributed by atoms with Crippen molar-refractivity contribution in [2.75, 3.05) is 29.9 Å². The minimum Gasteiger partial charge on any atom is -0.326 e. The number of amides is 1. The number of carbonyl (C=O) groups is 1. The van der Waals surface area contributed by atoms with Crippen LogP contribution in [0.4, 0.5) is 5.69 Å². The first-order valence-electron chi connectivity index (χ1n) is 11.0. The Hall–Kier alpha value is -2.71. The fourth-order valence-corrected chi connectivity index (χ4v) is 5.04. The highest BCUT2D eigenvalue weighted by Crippen LogP contribution is 2.19. The van der Waals surface area contributed by atoms with Crippen molar-refractivity contribution in [1.29, 1.82) is 0 Å². The second-order valence-corrected chi connectivity index (χ2v) is 9.55. The molecule has 1 aliphatic rings. The van der Waals surface area contributed by atoms with Gasteiger partial charge in [-0.2, -0.15) is 16.9 Å². The molecule has 0 aliphatic carbocycles. The Morgan fingerprint density at radius 2 is 1.78 bits per heavy atom. The van der Waals surface area contributed by atoms with E-state index in [-0.39, 0.29) is 12.3 Å². The van der Waals surface area contributed by atoms with Gasteiger partial charge in [0, 0.05) is 59.5 Å². The van der Waals surface area contributed by atoms with Crippen LogP contribution in [0, 0.1) is 27.7 Å². The highest BCUT2D eigenvalue weighted by atomic mass is 32.2. The van der Waals surface area contributed by atoms with Crippen LogP contribution >= 0.6 is 11.8 Å². The Morgan fingerprint density at radius 3 is 2.50 bits per heavy atom. The Bertz CT molecular complexity index is 1100. The van der Waals surface area contributed by atoms with Gasteiger partial charge in [0.05, 0.1) is 12.1 Å². The lowest BCUT2D eigenvalue weighted by Crippen LogP contribution is -2.31. The van der Waals surface area contributed by atoms with Crippen molar-refractivity contribution in [3.8, 4) is 5.95 Å². The number of thioether (sulfide) groups is 1. The first kappa shape index (κ1) is 22.5. The van der Waals surface area contributed by atoms with Crippen LogP contribution in [0.1, 0.15) is 33.9 Å². The quantitative estimate of drug-likeness (QED) is 0.618. The van der Waals surface area contributed by atoms with E-state index >= 15 is 0 Å². The Morgan fingerprint density at radius 1 is 1.06 bits per heavy atom. The highest BCUT2D eigenvalue weighted by Gasteiger charge is 2.18. The molecule has 4 rings (SSSR count). The Kier molecular flexibility index (Phi) is 6.91. The summed E-state index contributed by atoms with van der Waals surface area (Å²) in [6.07, 6.45) is 0.260. The number of nitrogens with one attached hydrogen (secondary N) is 1. The Balaban J connectivity index is 1.45. The van der Waals surface area contributed by atoms with E-state index < -0.39 is 0 Å². The molecule has 8 heteroatoms. The van der Waals surface area contributed by atoms with Gasteiger partial charge in [-0.1, -0.05) is 12.1 Å². The first-order chi connectivity index (χ1) is 15.4. The van der Waals surface area contributed by atoms with Crippen LogP contribution < -0.4 is 5.32 Å². The van der Waals surface area contributed by atoms with Gasteiger partial charge in [-0.3, -0.25) is 9.69 Å². The van der Waals surface area contributed by atoms with E-state index in [9.17, 15) is 4.79 Å². The van der Waals surface area contributed by atoms with Gasteiger partial charge in [0.2, 0.25) is 5.91 Å². The molecule has 1 amide bonds. The number of benzene rings is 1. The molecule has 2 aromatic heterocycles. The summed E-state index contributed by atoms with van der Waals surface area (Å²) in [5, 5.41) is 7.67. The fourth-order valence-electron chi connectivity index (χ4n) is 4.06. The summed E-state index contributed by atoms with van der Waals surface area (Å²) in [4.78, 5) is 24.3. The van der Waals surface area contributed by atoms with E-state index in [0.717, 1.165) is 53.7 Å². The van der Waals surface area contributed by atoms with Gasteiger partial charge in [0.1, 0.15) is 0 Å². The van der Waals surface area contributed by atoms with Crippen molar-refractivity contribution in [2.45, 2.75) is 40.7 Å². The van der Waals surface area contributed by atoms with Gasteiger partial charge in [0.15, 0.2) is 0 Å². The van der Waals surface area contributed by atoms with E-state index in [1.165, 1.54) is 17.1 Å². The van der Waals surface area contributed by atoms with Crippen molar-refractivity contribution in [3.05, 3.63) is 64.2 Å². The molecule has 0 spiro atoms. The molecule has 0 unspecified atom stereocenters. The minimum absolute atomic E-state index is 0.0522. The average molecular weight is 451 g/mol. The third-order valence-corrected chi connectivity index (χ3v) is 6.60. The molecule has 0 radical (unpaired) electrons. The molecule has 1 aromatic carbocycles. The zero-order valence-electron chi connectivity index (χ0n) is 19.2. The molecule has 168 valence electrons. The predicted molar refractivity (Wildman–Crippen MR) is 129 cm³/mol. The SMILES string of the molecule is Cc1cc(C)nc(-n2nc(C)c(CC(=O)Nc3cccc(CN4CCSCC4)c3)c2C)n1. The van der Waals surface area contributed by atoms with Crippen LogP contribution in [-0.4, -0.2) is 55.2 Å². The molecule has 0 atom stereocenters. The largest absolute Gasteiger partial charge is 0.326 e. The van der Waals surface area contributed by atoms with Gasteiger partial charge >= 0.3 is 0 Å². The Labute approximate surface area is 193 Å². The lowest BCUT2D eigenvalue weighted by molar-refractivity contribution is -0.115. The van der Waals surface area contributed by atoms with Crippen molar-refractivity contribution in [1.82, 2.24) is 24.6 Å². The van der Waals surface area contributed by atoms with Crippen LogP contribution in [0.5, 0.6) is 0 Å². The van der Waals surface area contributed by atoms with Gasteiger partial charge in [0.25, 0.3) is 5.95 Å². The predicted octanol–water partition coefficient (Wildman–Crippen LogP) is 3.63. The van der Waals surface area contributed by atoms with Crippen molar-refractivity contribution >= 4 is 23.4 Å². The molecule has 32 heavy (non-hydrogen) atoms. The second kappa shape index (κ2) is 9.83. The van der Waals surface area contributed by atoms with E-state index in [0.29, 0.717) is 5.95 Å². The lowest BCUT2D eigenvalue weighted by atomic mass is 10.1. The van der Waals surface area contributed by atoms with Crippen molar-refractivity contribution < 1.29 is 4.79 Å². The third kappa shape index (κ3) is 5.37. The van der Waals surface area contributed by atoms with Crippen LogP contribution in [0.15, 0.2) is 30.3 Å². The van der Waals surface area contributed by atoms with Gasteiger partial charge in [-0.25, -0.2) is 14.6 Å². The van der Waals surface area contributed by atoms with E-state index in [1.807, 2.05) is 57.7 Å². The maximum Gasteiger partial charge on any atom is 0.251 e. The summed E-state index contributed by atoms with van der Waals surface area (Å²) >= 11 is 2.01. The number of nitrogens with zero attached hydrogens (tertiary/aromatic N) is 5. The van der Waals surface area contributed by atoms with Crippen LogP contribution in [-0.2, 0) is 17.8 Å². The molecule has 7 nitrogen and oxygen atoms in total. The van der Waals surface area contributed by atoms with Crippen LogP contribution in [0.3, 0.4) is 0 Å². The summed E-state index contributed by atoms with van der Waals surface area (Å²) in [7, 11) is 0.